The van der Waals surface area contributed by atoms with Crippen LogP contribution in [0, 0.1) is 21.4 Å². The number of nitrogens with two attached hydrogens (primary N) is 1. The Kier molecular flexibility index (Phi) is 6.49. The van der Waals surface area contributed by atoms with Crippen LogP contribution in [0.25, 0.3) is 0 Å². The van der Waals surface area contributed by atoms with Crippen LogP contribution in [0.1, 0.15) is 36.5 Å². The molecule has 0 aromatic heterocycles. The van der Waals surface area contributed by atoms with Crippen LogP contribution in [-0.4, -0.2) is 36.4 Å². The van der Waals surface area contributed by atoms with Crippen molar-refractivity contribution in [3.05, 3.63) is 45.1 Å². The van der Waals surface area contributed by atoms with E-state index in [9.17, 15) is 19.7 Å². The third-order valence-electron chi connectivity index (χ3n) is 4.23. The second-order valence-electron chi connectivity index (χ2n) is 6.18. The second-order valence-corrected chi connectivity index (χ2v) is 6.18. The van der Waals surface area contributed by atoms with Gasteiger partial charge in [0.25, 0.3) is 5.69 Å². The normalized spacial score (nSPS) is 14.7. The standard InChI is InChI=1S/C18H20N4O5/c1-12(20)15(10-19)17(23)11-27-18(24)14-9-13(22(25)26)5-6-16(14)21-7-3-2-4-8-21/h5-6,9H,2-4,7-8,11,20H2,1H3/b15-12+. The predicted molar refractivity (Wildman–Crippen MR) is 97.0 cm³/mol. The number of allylic oxidation sites excluding steroid dienone is 1. The van der Waals surface area contributed by atoms with Gasteiger partial charge in [0.15, 0.2) is 6.61 Å². The van der Waals surface area contributed by atoms with E-state index in [1.165, 1.54) is 19.1 Å². The van der Waals surface area contributed by atoms with Crippen molar-refractivity contribution in [1.29, 1.82) is 5.26 Å². The molecule has 0 aliphatic carbocycles. The summed E-state index contributed by atoms with van der Waals surface area (Å²) < 4.78 is 5.01. The Morgan fingerprint density at radius 3 is 2.56 bits per heavy atom. The third kappa shape index (κ3) is 4.82. The summed E-state index contributed by atoms with van der Waals surface area (Å²) in [7, 11) is 0. The number of esters is 1. The summed E-state index contributed by atoms with van der Waals surface area (Å²) in [4.78, 5) is 36.9. The Labute approximate surface area is 156 Å². The number of hydrogen-bond acceptors (Lipinski definition) is 8. The van der Waals surface area contributed by atoms with Crippen molar-refractivity contribution in [2.45, 2.75) is 26.2 Å². The first-order chi connectivity index (χ1) is 12.8. The fourth-order valence-electron chi connectivity index (χ4n) is 2.86. The summed E-state index contributed by atoms with van der Waals surface area (Å²) in [6.45, 7) is 2.18. The molecule has 0 spiro atoms. The van der Waals surface area contributed by atoms with Gasteiger partial charge in [0.1, 0.15) is 11.6 Å². The smallest absolute Gasteiger partial charge is 0.340 e. The quantitative estimate of drug-likeness (QED) is 0.263. The molecular formula is C18H20N4O5. The van der Waals surface area contributed by atoms with Gasteiger partial charge in [0, 0.05) is 30.9 Å². The summed E-state index contributed by atoms with van der Waals surface area (Å²) in [5.41, 5.74) is 5.51. The van der Waals surface area contributed by atoms with E-state index in [2.05, 4.69) is 0 Å². The summed E-state index contributed by atoms with van der Waals surface area (Å²) in [6.07, 6.45) is 2.99. The number of rotatable bonds is 6. The highest BCUT2D eigenvalue weighted by molar-refractivity contribution is 6.03. The molecule has 0 bridgehead atoms. The fraction of sp³-hybridized carbons (Fsp3) is 0.389. The van der Waals surface area contributed by atoms with Crippen LogP contribution in [-0.2, 0) is 9.53 Å². The first kappa shape index (κ1) is 19.9. The van der Waals surface area contributed by atoms with Crippen LogP contribution in [0.15, 0.2) is 29.5 Å². The topological polar surface area (TPSA) is 140 Å². The molecule has 1 aliphatic rings. The van der Waals surface area contributed by atoms with Gasteiger partial charge in [-0.25, -0.2) is 4.79 Å². The molecule has 2 rings (SSSR count). The lowest BCUT2D eigenvalue weighted by Gasteiger charge is -2.30. The second kappa shape index (κ2) is 8.80. The molecule has 0 atom stereocenters. The minimum Gasteiger partial charge on any atom is -0.454 e. The highest BCUT2D eigenvalue weighted by Crippen LogP contribution is 2.28. The van der Waals surface area contributed by atoms with Gasteiger partial charge in [-0.05, 0) is 32.3 Å². The number of hydrogen-bond donors (Lipinski definition) is 1. The van der Waals surface area contributed by atoms with E-state index in [1.807, 2.05) is 4.90 Å². The number of nitro benzene ring substituents is 1. The zero-order valence-corrected chi connectivity index (χ0v) is 14.9. The molecule has 1 saturated heterocycles. The van der Waals surface area contributed by atoms with Gasteiger partial charge in [-0.3, -0.25) is 14.9 Å². The minimum atomic E-state index is -0.861. The van der Waals surface area contributed by atoms with E-state index in [4.69, 9.17) is 15.7 Å². The van der Waals surface area contributed by atoms with Crippen LogP contribution in [0.2, 0.25) is 0 Å². The lowest BCUT2D eigenvalue weighted by atomic mass is 10.1. The molecule has 1 heterocycles. The highest BCUT2D eigenvalue weighted by Gasteiger charge is 2.24. The number of nitrogens with zero attached hydrogens (tertiary/aromatic N) is 3. The Hall–Kier alpha value is -3.41. The number of carbonyl (C=O) groups is 2. The van der Waals surface area contributed by atoms with Crippen molar-refractivity contribution in [2.75, 3.05) is 24.6 Å². The van der Waals surface area contributed by atoms with Crippen molar-refractivity contribution < 1.29 is 19.2 Å². The molecule has 9 nitrogen and oxygen atoms in total. The average Bonchev–Trinajstić information content (AvgIpc) is 2.66. The van der Waals surface area contributed by atoms with Gasteiger partial charge in [0.05, 0.1) is 16.2 Å². The van der Waals surface area contributed by atoms with E-state index in [1.54, 1.807) is 6.07 Å². The molecule has 27 heavy (non-hydrogen) atoms. The number of nitriles is 1. The van der Waals surface area contributed by atoms with Crippen LogP contribution < -0.4 is 10.6 Å². The van der Waals surface area contributed by atoms with Gasteiger partial charge in [-0.2, -0.15) is 5.26 Å². The minimum absolute atomic E-state index is 0.0193. The largest absolute Gasteiger partial charge is 0.454 e. The maximum absolute atomic E-state index is 12.5. The maximum Gasteiger partial charge on any atom is 0.340 e. The third-order valence-corrected chi connectivity index (χ3v) is 4.23. The Bertz CT molecular complexity index is 831. The Morgan fingerprint density at radius 2 is 2.00 bits per heavy atom. The fourth-order valence-corrected chi connectivity index (χ4v) is 2.86. The number of carbonyl (C=O) groups excluding carboxylic acids is 2. The predicted octanol–water partition coefficient (Wildman–Crippen LogP) is 2.07. The molecule has 1 aromatic rings. The van der Waals surface area contributed by atoms with Crippen molar-refractivity contribution in [1.82, 2.24) is 0 Å². The molecule has 1 aliphatic heterocycles. The first-order valence-electron chi connectivity index (χ1n) is 8.45. The van der Waals surface area contributed by atoms with Crippen LogP contribution in [0.4, 0.5) is 11.4 Å². The van der Waals surface area contributed by atoms with Gasteiger partial charge < -0.3 is 15.4 Å². The Balaban J connectivity index is 2.26. The molecule has 0 radical (unpaired) electrons. The summed E-state index contributed by atoms with van der Waals surface area (Å²) in [6, 6.07) is 5.67. The summed E-state index contributed by atoms with van der Waals surface area (Å²) >= 11 is 0. The van der Waals surface area contributed by atoms with Crippen LogP contribution >= 0.6 is 0 Å². The molecule has 2 N–H and O–H groups in total. The zero-order chi connectivity index (χ0) is 20.0. The summed E-state index contributed by atoms with van der Waals surface area (Å²) in [5.74, 6) is -1.59. The number of Topliss-reactive ketones (excluding diaryl/α,β-unsaturated/α-hetero) is 1. The Morgan fingerprint density at radius 1 is 1.33 bits per heavy atom. The summed E-state index contributed by atoms with van der Waals surface area (Å²) in [5, 5.41) is 20.0. The van der Waals surface area contributed by atoms with Crippen molar-refractivity contribution in [3.8, 4) is 6.07 Å². The monoisotopic (exact) mass is 372 g/mol. The molecule has 0 saturated carbocycles. The van der Waals surface area contributed by atoms with Gasteiger partial charge in [0.2, 0.25) is 5.78 Å². The molecule has 0 amide bonds. The van der Waals surface area contributed by atoms with Crippen LogP contribution in [0.5, 0.6) is 0 Å². The number of ketones is 1. The van der Waals surface area contributed by atoms with Gasteiger partial charge in [-0.15, -0.1) is 0 Å². The van der Waals surface area contributed by atoms with Crippen molar-refractivity contribution >= 4 is 23.1 Å². The molecule has 142 valence electrons. The molecular weight excluding hydrogens is 352 g/mol. The van der Waals surface area contributed by atoms with Crippen molar-refractivity contribution in [2.24, 2.45) is 5.73 Å². The number of benzene rings is 1. The molecule has 1 fully saturated rings. The maximum atomic E-state index is 12.5. The van der Waals surface area contributed by atoms with E-state index < -0.39 is 23.3 Å². The number of piperidine rings is 1. The van der Waals surface area contributed by atoms with E-state index in [0.717, 1.165) is 38.4 Å². The number of ether oxygens (including phenoxy) is 1. The molecule has 0 unspecified atom stereocenters. The number of nitro groups is 1. The average molecular weight is 372 g/mol. The van der Waals surface area contributed by atoms with E-state index in [-0.39, 0.29) is 22.5 Å². The highest BCUT2D eigenvalue weighted by atomic mass is 16.6. The lowest BCUT2D eigenvalue weighted by Crippen LogP contribution is -2.31. The SMILES string of the molecule is C/C(N)=C(/C#N)C(=O)COC(=O)c1cc([N+](=O)[O-])ccc1N1CCCCC1. The first-order valence-corrected chi connectivity index (χ1v) is 8.45. The van der Waals surface area contributed by atoms with Gasteiger partial charge >= 0.3 is 5.97 Å². The molecule has 9 heteroatoms. The van der Waals surface area contributed by atoms with Gasteiger partial charge in [-0.1, -0.05) is 0 Å². The van der Waals surface area contributed by atoms with Crippen molar-refractivity contribution in [3.63, 3.8) is 0 Å². The van der Waals surface area contributed by atoms with E-state index >= 15 is 0 Å². The lowest BCUT2D eigenvalue weighted by molar-refractivity contribution is -0.384. The molecule has 1 aromatic carbocycles. The zero-order valence-electron chi connectivity index (χ0n) is 14.9. The number of non-ortho nitro benzene ring substituents is 1. The number of anilines is 1. The van der Waals surface area contributed by atoms with Crippen LogP contribution in [0.3, 0.4) is 0 Å². The van der Waals surface area contributed by atoms with E-state index in [0.29, 0.717) is 5.69 Å².